The van der Waals surface area contributed by atoms with Crippen LogP contribution in [0.15, 0.2) is 17.1 Å². The van der Waals surface area contributed by atoms with E-state index in [1.54, 1.807) is 25.0 Å². The summed E-state index contributed by atoms with van der Waals surface area (Å²) in [5.41, 5.74) is 2.01. The predicted molar refractivity (Wildman–Crippen MR) is 70.1 cm³/mol. The minimum absolute atomic E-state index is 0.184. The summed E-state index contributed by atoms with van der Waals surface area (Å²) in [5, 5.41) is 11.7. The van der Waals surface area contributed by atoms with Crippen molar-refractivity contribution in [3.63, 3.8) is 0 Å². The Labute approximate surface area is 109 Å². The van der Waals surface area contributed by atoms with Crippen LogP contribution in [0, 0.1) is 6.92 Å². The lowest BCUT2D eigenvalue weighted by molar-refractivity contribution is 0.591. The van der Waals surface area contributed by atoms with Crippen LogP contribution < -0.4 is 10.9 Å². The highest BCUT2D eigenvalue weighted by Crippen LogP contribution is 2.19. The van der Waals surface area contributed by atoms with Crippen LogP contribution in [0.5, 0.6) is 0 Å². The number of nitrogens with zero attached hydrogens (tertiary/aromatic N) is 4. The van der Waals surface area contributed by atoms with Crippen molar-refractivity contribution >= 4 is 17.3 Å². The Morgan fingerprint density at radius 1 is 1.50 bits per heavy atom. The van der Waals surface area contributed by atoms with Crippen molar-refractivity contribution in [3.05, 3.63) is 39.0 Å². The second-order valence-corrected chi connectivity index (χ2v) is 4.34. The van der Waals surface area contributed by atoms with Crippen LogP contribution in [0.4, 0.5) is 5.69 Å². The van der Waals surface area contributed by atoms with Crippen LogP contribution in [0.1, 0.15) is 11.4 Å². The molecule has 2 heterocycles. The van der Waals surface area contributed by atoms with Gasteiger partial charge in [-0.3, -0.25) is 9.48 Å². The molecule has 7 heteroatoms. The maximum Gasteiger partial charge on any atom is 0.269 e. The summed E-state index contributed by atoms with van der Waals surface area (Å²) in [4.78, 5) is 11.8. The van der Waals surface area contributed by atoms with Crippen LogP contribution in [-0.4, -0.2) is 26.6 Å². The minimum atomic E-state index is -0.184. The van der Waals surface area contributed by atoms with Gasteiger partial charge in [0.1, 0.15) is 0 Å². The molecule has 1 N–H and O–H groups in total. The molecule has 2 aromatic heterocycles. The predicted octanol–water partition coefficient (Wildman–Crippen LogP) is 1.03. The van der Waals surface area contributed by atoms with E-state index in [0.29, 0.717) is 17.3 Å². The van der Waals surface area contributed by atoms with Gasteiger partial charge in [-0.05, 0) is 6.92 Å². The molecule has 0 aliphatic rings. The summed E-state index contributed by atoms with van der Waals surface area (Å²) >= 11 is 6.14. The average Bonchev–Trinajstić information content (AvgIpc) is 2.58. The molecule has 0 spiro atoms. The van der Waals surface area contributed by atoms with Crippen LogP contribution in [-0.2, 0) is 13.6 Å². The number of aryl methyl sites for hydroxylation is 2. The Hall–Kier alpha value is -1.82. The Balaban J connectivity index is 2.37. The lowest BCUT2D eigenvalue weighted by Crippen LogP contribution is -2.24. The van der Waals surface area contributed by atoms with Crippen molar-refractivity contribution in [2.75, 3.05) is 12.4 Å². The topological polar surface area (TPSA) is 64.7 Å². The summed E-state index contributed by atoms with van der Waals surface area (Å²) < 4.78 is 3.01. The Kier molecular flexibility index (Phi) is 3.38. The van der Waals surface area contributed by atoms with Crippen molar-refractivity contribution in [2.24, 2.45) is 7.05 Å². The number of rotatable bonds is 3. The summed E-state index contributed by atoms with van der Waals surface area (Å²) in [5.74, 6) is 0. The molecule has 0 unspecified atom stereocenters. The van der Waals surface area contributed by atoms with Crippen LogP contribution >= 0.6 is 11.6 Å². The molecule has 0 amide bonds. The highest BCUT2D eigenvalue weighted by molar-refractivity contribution is 6.31. The van der Waals surface area contributed by atoms with Gasteiger partial charge in [0.2, 0.25) is 0 Å². The Bertz CT molecular complexity index is 631. The van der Waals surface area contributed by atoms with Gasteiger partial charge in [0.15, 0.2) is 0 Å². The zero-order valence-electron chi connectivity index (χ0n) is 10.4. The van der Waals surface area contributed by atoms with Gasteiger partial charge < -0.3 is 5.32 Å². The molecule has 6 nitrogen and oxygen atoms in total. The first-order valence-corrected chi connectivity index (χ1v) is 5.83. The molecular weight excluding hydrogens is 254 g/mol. The van der Waals surface area contributed by atoms with Gasteiger partial charge in [-0.25, -0.2) is 4.68 Å². The number of hydrogen-bond acceptors (Lipinski definition) is 4. The number of halogens is 1. The van der Waals surface area contributed by atoms with E-state index in [0.717, 1.165) is 11.4 Å². The van der Waals surface area contributed by atoms with Crippen molar-refractivity contribution in [3.8, 4) is 0 Å². The first kappa shape index (κ1) is 12.6. The number of aromatic nitrogens is 4. The fraction of sp³-hybridized carbons (Fsp3) is 0.364. The fourth-order valence-corrected chi connectivity index (χ4v) is 1.90. The van der Waals surface area contributed by atoms with Gasteiger partial charge in [0.05, 0.1) is 34.8 Å². The molecule has 0 saturated heterocycles. The van der Waals surface area contributed by atoms with Gasteiger partial charge in [-0.1, -0.05) is 11.6 Å². The van der Waals surface area contributed by atoms with E-state index in [9.17, 15) is 4.79 Å². The molecule has 0 aliphatic heterocycles. The van der Waals surface area contributed by atoms with Gasteiger partial charge >= 0.3 is 0 Å². The van der Waals surface area contributed by atoms with Gasteiger partial charge in [-0.15, -0.1) is 0 Å². The molecule has 18 heavy (non-hydrogen) atoms. The number of hydrogen-bond donors (Lipinski definition) is 1. The van der Waals surface area contributed by atoms with E-state index in [1.807, 2.05) is 6.92 Å². The quantitative estimate of drug-likeness (QED) is 0.902. The number of nitrogens with one attached hydrogen (secondary N) is 1. The lowest BCUT2D eigenvalue weighted by atomic mass is 10.3. The smallest absolute Gasteiger partial charge is 0.269 e. The van der Waals surface area contributed by atoms with Crippen molar-refractivity contribution in [1.82, 2.24) is 19.6 Å². The molecule has 0 aromatic carbocycles. The summed E-state index contributed by atoms with van der Waals surface area (Å²) in [6, 6.07) is 1.49. The van der Waals surface area contributed by atoms with E-state index in [4.69, 9.17) is 11.6 Å². The van der Waals surface area contributed by atoms with E-state index < -0.39 is 0 Å². The van der Waals surface area contributed by atoms with Crippen LogP contribution in [0.3, 0.4) is 0 Å². The maximum atomic E-state index is 11.8. The lowest BCUT2D eigenvalue weighted by Gasteiger charge is -2.06. The summed E-state index contributed by atoms with van der Waals surface area (Å²) in [6.45, 7) is 2.13. The summed E-state index contributed by atoms with van der Waals surface area (Å²) in [7, 11) is 3.53. The standard InChI is InChI=1S/C11H14ClN5O/c1-7-11(12)9(16(3)15-7)6-17-10(18)4-8(13-2)5-14-17/h4-5,13H,6H2,1-3H3. The summed E-state index contributed by atoms with van der Waals surface area (Å²) in [6.07, 6.45) is 1.60. The molecule has 0 aliphatic carbocycles. The normalized spacial score (nSPS) is 10.7. The third-order valence-electron chi connectivity index (χ3n) is 2.72. The van der Waals surface area contributed by atoms with Crippen LogP contribution in [0.2, 0.25) is 5.02 Å². The second-order valence-electron chi connectivity index (χ2n) is 3.96. The first-order chi connectivity index (χ1) is 8.52. The van der Waals surface area contributed by atoms with Crippen molar-refractivity contribution < 1.29 is 0 Å². The molecule has 0 saturated carbocycles. The number of anilines is 1. The zero-order chi connectivity index (χ0) is 13.3. The zero-order valence-corrected chi connectivity index (χ0v) is 11.2. The molecule has 96 valence electrons. The second kappa shape index (κ2) is 4.81. The Morgan fingerprint density at radius 2 is 2.22 bits per heavy atom. The third kappa shape index (κ3) is 2.24. The van der Waals surface area contributed by atoms with Crippen molar-refractivity contribution in [2.45, 2.75) is 13.5 Å². The third-order valence-corrected chi connectivity index (χ3v) is 3.21. The van der Waals surface area contributed by atoms with E-state index in [1.165, 1.54) is 10.7 Å². The molecule has 0 fully saturated rings. The maximum absolute atomic E-state index is 11.8. The van der Waals surface area contributed by atoms with Gasteiger partial charge in [0.25, 0.3) is 5.56 Å². The van der Waals surface area contributed by atoms with E-state index in [2.05, 4.69) is 15.5 Å². The molecule has 0 atom stereocenters. The molecule has 2 aromatic rings. The fourth-order valence-electron chi connectivity index (χ4n) is 1.68. The highest BCUT2D eigenvalue weighted by atomic mass is 35.5. The monoisotopic (exact) mass is 267 g/mol. The molecule has 0 bridgehead atoms. The largest absolute Gasteiger partial charge is 0.387 e. The van der Waals surface area contributed by atoms with Crippen LogP contribution in [0.25, 0.3) is 0 Å². The molecule has 2 rings (SSSR count). The van der Waals surface area contributed by atoms with Gasteiger partial charge in [-0.2, -0.15) is 10.2 Å². The molecule has 0 radical (unpaired) electrons. The SMILES string of the molecule is CNc1cnn(Cc2c(Cl)c(C)nn2C)c(=O)c1. The van der Waals surface area contributed by atoms with Crippen molar-refractivity contribution in [1.29, 1.82) is 0 Å². The first-order valence-electron chi connectivity index (χ1n) is 5.46. The molecular formula is C11H14ClN5O. The van der Waals surface area contributed by atoms with E-state index >= 15 is 0 Å². The Morgan fingerprint density at radius 3 is 2.72 bits per heavy atom. The van der Waals surface area contributed by atoms with E-state index in [-0.39, 0.29) is 5.56 Å². The highest BCUT2D eigenvalue weighted by Gasteiger charge is 2.12. The average molecular weight is 268 g/mol. The van der Waals surface area contributed by atoms with Gasteiger partial charge in [0, 0.05) is 20.2 Å². The minimum Gasteiger partial charge on any atom is -0.387 e.